The van der Waals surface area contributed by atoms with Gasteiger partial charge in [0.25, 0.3) is 0 Å². The highest BCUT2D eigenvalue weighted by atomic mass is 32.1. The quantitative estimate of drug-likeness (QED) is 0.874. The van der Waals surface area contributed by atoms with Gasteiger partial charge in [0.05, 0.1) is 17.0 Å². The third-order valence-corrected chi connectivity index (χ3v) is 3.49. The zero-order chi connectivity index (χ0) is 12.6. The number of imidazole rings is 1. The first-order valence-corrected chi connectivity index (χ1v) is 6.55. The highest BCUT2D eigenvalue weighted by molar-refractivity contribution is 7.17. The average molecular weight is 253 g/mol. The number of aryl methyl sites for hydroxylation is 2. The minimum absolute atomic E-state index is 0.572. The van der Waals surface area contributed by atoms with Crippen LogP contribution in [0.3, 0.4) is 0 Å². The van der Waals surface area contributed by atoms with E-state index in [4.69, 9.17) is 0 Å². The van der Waals surface area contributed by atoms with E-state index in [-0.39, 0.29) is 0 Å². The second-order valence-electron chi connectivity index (χ2n) is 5.05. The molecule has 2 heterocycles. The molecule has 0 aliphatic heterocycles. The lowest BCUT2D eigenvalue weighted by molar-refractivity contribution is 0.0794. The van der Waals surface area contributed by atoms with Crippen molar-refractivity contribution >= 4 is 16.3 Å². The van der Waals surface area contributed by atoms with Gasteiger partial charge in [0.15, 0.2) is 4.96 Å². The van der Waals surface area contributed by atoms with Crippen LogP contribution in [-0.4, -0.2) is 26.6 Å². The van der Waals surface area contributed by atoms with Crippen molar-refractivity contribution in [2.45, 2.75) is 39.8 Å². The molecule has 0 bridgehead atoms. The maximum absolute atomic E-state index is 9.65. The summed E-state index contributed by atoms with van der Waals surface area (Å²) in [6.07, 6.45) is 2.11. The first-order valence-electron chi connectivity index (χ1n) is 5.74. The monoisotopic (exact) mass is 253 g/mol. The molecule has 2 aromatic heterocycles. The number of fused-ring (bicyclic) bond motifs is 1. The molecule has 0 atom stereocenters. The van der Waals surface area contributed by atoms with E-state index in [9.17, 15) is 5.11 Å². The minimum Gasteiger partial charge on any atom is -0.389 e. The molecule has 0 fully saturated rings. The molecule has 0 saturated carbocycles. The third-order valence-electron chi connectivity index (χ3n) is 2.59. The fourth-order valence-electron chi connectivity index (χ4n) is 1.81. The van der Waals surface area contributed by atoms with Gasteiger partial charge in [-0.15, -0.1) is 11.3 Å². The summed E-state index contributed by atoms with van der Waals surface area (Å²) in [4.78, 5) is 6.83. The topological polar surface area (TPSA) is 49.6 Å². The number of aromatic nitrogens is 2. The molecule has 94 valence electrons. The normalized spacial score (nSPS) is 12.5. The SMILES string of the molecule is Cc1cn2c(CNCC(C)(C)O)c(C)nc2s1. The summed E-state index contributed by atoms with van der Waals surface area (Å²) in [5, 5.41) is 12.9. The first kappa shape index (κ1) is 12.5. The standard InChI is InChI=1S/C12H19N3OS/c1-8-6-15-10(5-13-7-12(3,4)16)9(2)14-11(15)17-8/h6,13,16H,5,7H2,1-4H3. The molecule has 5 heteroatoms. The van der Waals surface area contributed by atoms with Crippen LogP contribution in [0.15, 0.2) is 6.20 Å². The van der Waals surface area contributed by atoms with Gasteiger partial charge in [0.1, 0.15) is 0 Å². The largest absolute Gasteiger partial charge is 0.389 e. The highest BCUT2D eigenvalue weighted by Crippen LogP contribution is 2.20. The maximum atomic E-state index is 9.65. The van der Waals surface area contributed by atoms with Crippen LogP contribution in [0, 0.1) is 13.8 Å². The number of thiazole rings is 1. The lowest BCUT2D eigenvalue weighted by Crippen LogP contribution is -2.34. The lowest BCUT2D eigenvalue weighted by Gasteiger charge is -2.17. The van der Waals surface area contributed by atoms with Crippen molar-refractivity contribution in [1.29, 1.82) is 0 Å². The Morgan fingerprint density at radius 2 is 2.18 bits per heavy atom. The molecule has 0 radical (unpaired) electrons. The molecule has 0 saturated heterocycles. The molecular weight excluding hydrogens is 234 g/mol. The Hall–Kier alpha value is -0.910. The van der Waals surface area contributed by atoms with Gasteiger partial charge < -0.3 is 10.4 Å². The van der Waals surface area contributed by atoms with Gasteiger partial charge >= 0.3 is 0 Å². The average Bonchev–Trinajstić information content (AvgIpc) is 2.62. The van der Waals surface area contributed by atoms with Crippen molar-refractivity contribution in [3.05, 3.63) is 22.5 Å². The highest BCUT2D eigenvalue weighted by Gasteiger charge is 2.14. The number of aliphatic hydroxyl groups is 1. The van der Waals surface area contributed by atoms with Crippen LogP contribution in [-0.2, 0) is 6.54 Å². The molecule has 0 spiro atoms. The number of hydrogen-bond donors (Lipinski definition) is 2. The van der Waals surface area contributed by atoms with Gasteiger partial charge in [0, 0.05) is 24.2 Å². The Bertz CT molecular complexity index is 522. The molecule has 0 amide bonds. The van der Waals surface area contributed by atoms with E-state index in [0.717, 1.165) is 17.2 Å². The Labute approximate surface area is 105 Å². The summed E-state index contributed by atoms with van der Waals surface area (Å²) >= 11 is 1.70. The van der Waals surface area contributed by atoms with Gasteiger partial charge in [-0.05, 0) is 27.7 Å². The molecule has 2 N–H and O–H groups in total. The summed E-state index contributed by atoms with van der Waals surface area (Å²) in [5.41, 5.74) is 1.55. The van der Waals surface area contributed by atoms with Gasteiger partial charge in [0.2, 0.25) is 0 Å². The van der Waals surface area contributed by atoms with E-state index >= 15 is 0 Å². The van der Waals surface area contributed by atoms with E-state index in [0.29, 0.717) is 6.54 Å². The summed E-state index contributed by atoms with van der Waals surface area (Å²) in [7, 11) is 0. The number of nitrogens with one attached hydrogen (secondary N) is 1. The van der Waals surface area contributed by atoms with E-state index in [2.05, 4.69) is 27.8 Å². The fraction of sp³-hybridized carbons (Fsp3) is 0.583. The third kappa shape index (κ3) is 2.86. The van der Waals surface area contributed by atoms with Crippen LogP contribution in [0.25, 0.3) is 4.96 Å². The Morgan fingerprint density at radius 3 is 2.82 bits per heavy atom. The van der Waals surface area contributed by atoms with Gasteiger partial charge in [-0.1, -0.05) is 0 Å². The van der Waals surface area contributed by atoms with E-state index in [1.54, 1.807) is 25.2 Å². The number of rotatable bonds is 4. The molecule has 0 aliphatic carbocycles. The number of nitrogens with zero attached hydrogens (tertiary/aromatic N) is 2. The van der Waals surface area contributed by atoms with Crippen molar-refractivity contribution in [2.24, 2.45) is 0 Å². The maximum Gasteiger partial charge on any atom is 0.194 e. The van der Waals surface area contributed by atoms with E-state index in [1.165, 1.54) is 10.6 Å². The van der Waals surface area contributed by atoms with Crippen molar-refractivity contribution in [3.63, 3.8) is 0 Å². The molecule has 17 heavy (non-hydrogen) atoms. The predicted octanol–water partition coefficient (Wildman–Crippen LogP) is 1.87. The Kier molecular flexibility index (Phi) is 3.25. The van der Waals surface area contributed by atoms with Crippen molar-refractivity contribution in [1.82, 2.24) is 14.7 Å². The summed E-state index contributed by atoms with van der Waals surface area (Å²) in [6, 6.07) is 0. The summed E-state index contributed by atoms with van der Waals surface area (Å²) < 4.78 is 2.13. The second-order valence-corrected chi connectivity index (χ2v) is 6.27. The smallest absolute Gasteiger partial charge is 0.194 e. The molecule has 4 nitrogen and oxygen atoms in total. The molecular formula is C12H19N3OS. The molecule has 2 rings (SSSR count). The zero-order valence-electron chi connectivity index (χ0n) is 10.7. The molecule has 0 aliphatic rings. The van der Waals surface area contributed by atoms with E-state index in [1.807, 2.05) is 6.92 Å². The Balaban J connectivity index is 2.14. The van der Waals surface area contributed by atoms with Gasteiger partial charge in [-0.25, -0.2) is 4.98 Å². The van der Waals surface area contributed by atoms with Crippen LogP contribution in [0.5, 0.6) is 0 Å². The van der Waals surface area contributed by atoms with Crippen molar-refractivity contribution in [2.75, 3.05) is 6.54 Å². The summed E-state index contributed by atoms with van der Waals surface area (Å²) in [5.74, 6) is 0. The molecule has 0 aromatic carbocycles. The number of hydrogen-bond acceptors (Lipinski definition) is 4. The second kappa shape index (κ2) is 4.40. The first-order chi connectivity index (χ1) is 7.87. The van der Waals surface area contributed by atoms with Crippen LogP contribution < -0.4 is 5.32 Å². The van der Waals surface area contributed by atoms with Crippen molar-refractivity contribution in [3.8, 4) is 0 Å². The minimum atomic E-state index is -0.678. The predicted molar refractivity (Wildman–Crippen MR) is 70.5 cm³/mol. The Morgan fingerprint density at radius 1 is 1.47 bits per heavy atom. The fourth-order valence-corrected chi connectivity index (χ4v) is 2.70. The lowest BCUT2D eigenvalue weighted by atomic mass is 10.1. The van der Waals surface area contributed by atoms with Gasteiger partial charge in [-0.2, -0.15) is 0 Å². The van der Waals surface area contributed by atoms with Crippen LogP contribution >= 0.6 is 11.3 Å². The summed E-state index contributed by atoms with van der Waals surface area (Å²) in [6.45, 7) is 9.01. The molecule has 2 aromatic rings. The van der Waals surface area contributed by atoms with Crippen LogP contribution in [0.4, 0.5) is 0 Å². The van der Waals surface area contributed by atoms with E-state index < -0.39 is 5.60 Å². The van der Waals surface area contributed by atoms with Crippen LogP contribution in [0.2, 0.25) is 0 Å². The molecule has 0 unspecified atom stereocenters. The van der Waals surface area contributed by atoms with Gasteiger partial charge in [-0.3, -0.25) is 4.40 Å². The zero-order valence-corrected chi connectivity index (χ0v) is 11.6. The van der Waals surface area contributed by atoms with Crippen LogP contribution in [0.1, 0.15) is 30.1 Å². The van der Waals surface area contributed by atoms with Crippen molar-refractivity contribution < 1.29 is 5.11 Å².